The van der Waals surface area contributed by atoms with E-state index >= 15 is 0 Å². The number of ether oxygens (including phenoxy) is 1. The highest BCUT2D eigenvalue weighted by Gasteiger charge is 2.47. The molecule has 0 spiro atoms. The van der Waals surface area contributed by atoms with Crippen LogP contribution in [0.5, 0.6) is 11.5 Å². The van der Waals surface area contributed by atoms with Gasteiger partial charge in [-0.1, -0.05) is 44.2 Å². The summed E-state index contributed by atoms with van der Waals surface area (Å²) < 4.78 is 6.29. The third kappa shape index (κ3) is 9.88. The maximum Gasteiger partial charge on any atom is 0.352 e. The summed E-state index contributed by atoms with van der Waals surface area (Å²) in [7, 11) is 1.40. The number of likely N-dealkylation sites (N-methyl/N-ethyl adjacent to an activating group) is 1. The summed E-state index contributed by atoms with van der Waals surface area (Å²) >= 11 is 6.33. The van der Waals surface area contributed by atoms with Crippen molar-refractivity contribution in [1.82, 2.24) is 31.5 Å². The van der Waals surface area contributed by atoms with Gasteiger partial charge < -0.3 is 56.6 Å². The van der Waals surface area contributed by atoms with Crippen LogP contribution in [-0.4, -0.2) is 110 Å². The number of benzene rings is 1. The molecular weight excluding hydrogens is 744 g/mol. The number of aliphatic hydroxyl groups is 1. The maximum atomic E-state index is 14.7. The standard InChI is InChI=1S/C36H45ClN6O12/c1-8-17(5)25(32(50)39-20(35(53)54)15-23(44)45)41-30(48)21-11-10-12-43(21)34(52)29-36(6,9-2)55-22-14-18(13-19(37)28(22)47)27(46)26(38-7)33(51)40-24(16(3)4)31(49)42-29/h10-11,13-15,21,24,26-27,29,38,46-47H,3,8-9,12H2,1-2,4-7H3,(H,39,50)(H,40,51)(H,41,48)(H,42,49)(H,44,45)(H,53,54)/b20-15+,25-17?/t21-,24-,26-,27-,29+,36+/m0/s1. The van der Waals surface area contributed by atoms with Gasteiger partial charge >= 0.3 is 11.9 Å². The van der Waals surface area contributed by atoms with Crippen LogP contribution in [0.2, 0.25) is 5.02 Å². The van der Waals surface area contributed by atoms with E-state index in [0.717, 1.165) is 4.90 Å². The Kier molecular flexibility index (Phi) is 14.4. The molecule has 298 valence electrons. The smallest absolute Gasteiger partial charge is 0.352 e. The van der Waals surface area contributed by atoms with E-state index in [1.165, 1.54) is 52.1 Å². The number of hydrogen-bond donors (Lipinski definition) is 9. The van der Waals surface area contributed by atoms with E-state index in [1.54, 1.807) is 13.8 Å². The number of nitrogens with one attached hydrogen (secondary N) is 5. The molecule has 6 atom stereocenters. The van der Waals surface area contributed by atoms with E-state index in [1.807, 2.05) is 5.32 Å². The largest absolute Gasteiger partial charge is 0.503 e. The SMILES string of the molecule is C=C(C)[C@@H]1NC(=O)[C@@H](NC)[C@@H](O)c2cc(Cl)c(O)c(c2)O[C@](C)(CC)[C@@H](C(=O)N2CC=C[C@H]2C(=O)NC(C(=O)N/C(=C/C(=O)O)C(=O)O)=C(C)CC)NC1=O. The van der Waals surface area contributed by atoms with Crippen LogP contribution in [0.15, 0.2) is 59.5 Å². The Morgan fingerprint density at radius 3 is 2.29 bits per heavy atom. The first-order valence-electron chi connectivity index (χ1n) is 17.0. The molecule has 2 heterocycles. The minimum Gasteiger partial charge on any atom is -0.503 e. The van der Waals surface area contributed by atoms with Crippen LogP contribution in [-0.2, 0) is 33.6 Å². The summed E-state index contributed by atoms with van der Waals surface area (Å²) in [5, 5.41) is 52.6. The Labute approximate surface area is 321 Å². The second-order valence-electron chi connectivity index (χ2n) is 13.1. The fourth-order valence-corrected chi connectivity index (χ4v) is 5.95. The molecule has 0 aliphatic carbocycles. The first-order chi connectivity index (χ1) is 25.7. The minimum absolute atomic E-state index is 0.0204. The van der Waals surface area contributed by atoms with Crippen LogP contribution in [0.25, 0.3) is 0 Å². The maximum absolute atomic E-state index is 14.7. The number of carboxylic acids is 2. The average Bonchev–Trinajstić information content (AvgIpc) is 3.62. The molecule has 0 saturated carbocycles. The van der Waals surface area contributed by atoms with Crippen molar-refractivity contribution in [3.63, 3.8) is 0 Å². The number of allylic oxidation sites excluding steroid dienone is 1. The number of rotatable bonds is 11. The first-order valence-corrected chi connectivity index (χ1v) is 17.4. The number of halogens is 1. The number of aromatic hydroxyl groups is 1. The highest BCUT2D eigenvalue weighted by molar-refractivity contribution is 6.32. The van der Waals surface area contributed by atoms with Crippen molar-refractivity contribution < 1.29 is 58.7 Å². The summed E-state index contributed by atoms with van der Waals surface area (Å²) in [6.45, 7) is 11.3. The van der Waals surface area contributed by atoms with Gasteiger partial charge in [0.1, 0.15) is 47.3 Å². The number of amides is 5. The van der Waals surface area contributed by atoms with Crippen molar-refractivity contribution in [3.05, 3.63) is 70.1 Å². The highest BCUT2D eigenvalue weighted by Crippen LogP contribution is 2.41. The zero-order valence-corrected chi connectivity index (χ0v) is 31.7. The van der Waals surface area contributed by atoms with Gasteiger partial charge in [0.15, 0.2) is 11.5 Å². The van der Waals surface area contributed by atoms with Crippen LogP contribution >= 0.6 is 11.6 Å². The fourth-order valence-electron chi connectivity index (χ4n) is 5.73. The zero-order chi connectivity index (χ0) is 41.5. The van der Waals surface area contributed by atoms with E-state index in [4.69, 9.17) is 21.4 Å². The number of phenolic OH excluding ortho intramolecular Hbond substituents is 1. The Bertz CT molecular complexity index is 1880. The van der Waals surface area contributed by atoms with Gasteiger partial charge in [0, 0.05) is 6.54 Å². The van der Waals surface area contributed by atoms with Crippen LogP contribution in [0.1, 0.15) is 59.1 Å². The van der Waals surface area contributed by atoms with Crippen LogP contribution in [0.3, 0.4) is 0 Å². The van der Waals surface area contributed by atoms with Crippen molar-refractivity contribution in [2.24, 2.45) is 0 Å². The average molecular weight is 789 g/mol. The van der Waals surface area contributed by atoms with Crippen molar-refractivity contribution >= 4 is 53.1 Å². The number of carboxylic acid groups (broad SMARTS) is 2. The van der Waals surface area contributed by atoms with Crippen LogP contribution < -0.4 is 31.3 Å². The topological polar surface area (TPSA) is 273 Å². The molecule has 0 unspecified atom stereocenters. The van der Waals surface area contributed by atoms with Crippen molar-refractivity contribution in [2.45, 2.75) is 83.3 Å². The van der Waals surface area contributed by atoms with E-state index in [-0.39, 0.29) is 52.9 Å². The Morgan fingerprint density at radius 1 is 1.09 bits per heavy atom. The van der Waals surface area contributed by atoms with Gasteiger partial charge in [-0.2, -0.15) is 0 Å². The third-order valence-corrected chi connectivity index (χ3v) is 9.51. The van der Waals surface area contributed by atoms with Gasteiger partial charge in [-0.3, -0.25) is 24.0 Å². The summed E-state index contributed by atoms with van der Waals surface area (Å²) in [5.74, 6) is -8.94. The van der Waals surface area contributed by atoms with E-state index in [9.17, 15) is 48.9 Å². The van der Waals surface area contributed by atoms with E-state index < -0.39 is 94.5 Å². The molecule has 1 aromatic carbocycles. The van der Waals surface area contributed by atoms with Gasteiger partial charge in [0.2, 0.25) is 11.8 Å². The summed E-state index contributed by atoms with van der Waals surface area (Å²) in [5.41, 5.74) is -2.62. The van der Waals surface area contributed by atoms with Crippen molar-refractivity contribution in [2.75, 3.05) is 13.6 Å². The number of phenols is 1. The van der Waals surface area contributed by atoms with Crippen molar-refractivity contribution in [1.29, 1.82) is 0 Å². The number of fused-ring (bicyclic) bond motifs is 2. The lowest BCUT2D eigenvalue weighted by atomic mass is 9.90. The Morgan fingerprint density at radius 2 is 1.75 bits per heavy atom. The Hall–Kier alpha value is -5.72. The molecule has 0 fully saturated rings. The number of carbonyl (C=O) groups is 7. The van der Waals surface area contributed by atoms with E-state index in [2.05, 4.69) is 27.8 Å². The molecule has 1 aromatic rings. The predicted octanol–water partition coefficient (Wildman–Crippen LogP) is 0.510. The van der Waals surface area contributed by atoms with Crippen LogP contribution in [0.4, 0.5) is 0 Å². The number of hydrogen-bond acceptors (Lipinski definition) is 11. The first kappa shape index (κ1) is 43.7. The Balaban J connectivity index is 2.11. The molecule has 5 amide bonds. The second-order valence-corrected chi connectivity index (χ2v) is 13.5. The summed E-state index contributed by atoms with van der Waals surface area (Å²) in [6.07, 6.45) is 1.71. The molecule has 9 N–H and O–H groups in total. The van der Waals surface area contributed by atoms with Crippen LogP contribution in [0, 0.1) is 0 Å². The van der Waals surface area contributed by atoms with Crippen molar-refractivity contribution in [3.8, 4) is 11.5 Å². The van der Waals surface area contributed by atoms with Gasteiger partial charge in [0.05, 0.1) is 11.1 Å². The lowest BCUT2D eigenvalue weighted by molar-refractivity contribution is -0.146. The third-order valence-electron chi connectivity index (χ3n) is 9.22. The monoisotopic (exact) mass is 788 g/mol. The highest BCUT2D eigenvalue weighted by atomic mass is 35.5. The van der Waals surface area contributed by atoms with Gasteiger partial charge in [-0.25, -0.2) is 9.59 Å². The molecule has 55 heavy (non-hydrogen) atoms. The number of carbonyl (C=O) groups excluding carboxylic acids is 5. The minimum atomic E-state index is -1.75. The second kappa shape index (κ2) is 18.1. The summed E-state index contributed by atoms with van der Waals surface area (Å²) in [4.78, 5) is 92.9. The number of aliphatic hydroxyl groups excluding tert-OH is 1. The molecule has 3 rings (SSSR count). The molecular formula is C36H45ClN6O12. The quantitative estimate of drug-likeness (QED) is 0.109. The molecule has 0 aromatic heterocycles. The molecule has 0 saturated heterocycles. The number of nitrogens with zero attached hydrogens (tertiary/aromatic N) is 1. The summed E-state index contributed by atoms with van der Waals surface area (Å²) in [6, 6.07) is -3.37. The molecule has 2 aliphatic rings. The molecule has 18 nitrogen and oxygen atoms in total. The molecule has 19 heteroatoms. The normalized spacial score (nSPS) is 24.8. The molecule has 2 bridgehead atoms. The van der Waals surface area contributed by atoms with Gasteiger partial charge in [-0.05, 0) is 69.5 Å². The zero-order valence-electron chi connectivity index (χ0n) is 31.0. The fraction of sp³-hybridized carbons (Fsp3) is 0.417. The van der Waals surface area contributed by atoms with E-state index in [0.29, 0.717) is 0 Å². The lowest BCUT2D eigenvalue weighted by Crippen LogP contribution is -2.65. The molecule has 0 radical (unpaired) electrons. The molecule has 2 aliphatic heterocycles. The lowest BCUT2D eigenvalue weighted by Gasteiger charge is -2.40. The van der Waals surface area contributed by atoms with Gasteiger partial charge in [0.25, 0.3) is 17.7 Å². The predicted molar refractivity (Wildman–Crippen MR) is 196 cm³/mol. The number of aliphatic carboxylic acids is 2. The van der Waals surface area contributed by atoms with Gasteiger partial charge in [-0.15, -0.1) is 0 Å².